The smallest absolute Gasteiger partial charge is 0.261 e. The number of nitrogens with zero attached hydrogens (tertiary/aromatic N) is 3. The van der Waals surface area contributed by atoms with E-state index in [-0.39, 0.29) is 11.8 Å². The number of amides is 1. The average molecular weight is 395 g/mol. The van der Waals surface area contributed by atoms with Gasteiger partial charge in [-0.3, -0.25) is 4.79 Å². The summed E-state index contributed by atoms with van der Waals surface area (Å²) < 4.78 is 21.3. The van der Waals surface area contributed by atoms with Gasteiger partial charge in [0.05, 0.1) is 26.9 Å². The topological polar surface area (TPSA) is 86.9 Å². The summed E-state index contributed by atoms with van der Waals surface area (Å²) in [5.74, 6) is 2.70. The Labute approximate surface area is 168 Å². The summed E-state index contributed by atoms with van der Waals surface area (Å²) in [6, 6.07) is 12.7. The summed E-state index contributed by atoms with van der Waals surface area (Å²) in [7, 11) is 4.76. The summed E-state index contributed by atoms with van der Waals surface area (Å²) in [6.45, 7) is 0.490. The van der Waals surface area contributed by atoms with E-state index in [1.165, 1.54) is 0 Å². The summed E-state index contributed by atoms with van der Waals surface area (Å²) in [6.07, 6.45) is 0.324. The Morgan fingerprint density at radius 2 is 1.72 bits per heavy atom. The van der Waals surface area contributed by atoms with Gasteiger partial charge in [-0.25, -0.2) is 0 Å². The summed E-state index contributed by atoms with van der Waals surface area (Å²) >= 11 is 0. The molecule has 0 bridgehead atoms. The summed E-state index contributed by atoms with van der Waals surface area (Å²) in [5, 5.41) is 4.11. The van der Waals surface area contributed by atoms with Crippen LogP contribution in [0.5, 0.6) is 17.2 Å². The number of benzene rings is 2. The second-order valence-electron chi connectivity index (χ2n) is 6.63. The minimum atomic E-state index is -0.147. The highest BCUT2D eigenvalue weighted by atomic mass is 16.5. The van der Waals surface area contributed by atoms with Crippen molar-refractivity contribution in [2.75, 3.05) is 32.8 Å². The van der Waals surface area contributed by atoms with Crippen LogP contribution in [0, 0.1) is 0 Å². The molecule has 0 aliphatic carbocycles. The Kier molecular flexibility index (Phi) is 5.07. The number of hydrogen-bond donors (Lipinski definition) is 0. The van der Waals surface area contributed by atoms with Crippen LogP contribution < -0.4 is 19.1 Å². The first kappa shape index (κ1) is 18.8. The largest absolute Gasteiger partial charge is 0.497 e. The van der Waals surface area contributed by atoms with Crippen LogP contribution in [0.2, 0.25) is 0 Å². The average Bonchev–Trinajstić information content (AvgIpc) is 3.40. The van der Waals surface area contributed by atoms with E-state index in [0.29, 0.717) is 41.7 Å². The quantitative estimate of drug-likeness (QED) is 0.633. The van der Waals surface area contributed by atoms with Gasteiger partial charge in [-0.05, 0) is 36.4 Å². The number of carbonyl (C=O) groups is 1. The molecule has 1 atom stereocenters. The number of methoxy groups -OCH3 is 3. The van der Waals surface area contributed by atoms with Gasteiger partial charge in [0.1, 0.15) is 17.2 Å². The summed E-state index contributed by atoms with van der Waals surface area (Å²) in [5.41, 5.74) is 1.49. The van der Waals surface area contributed by atoms with E-state index in [1.807, 2.05) is 24.3 Å². The first-order chi connectivity index (χ1) is 14.1. The Morgan fingerprint density at radius 3 is 2.41 bits per heavy atom. The SMILES string of the molecule is COc1ccc(N2CC(c3noc(-c4ccc(OC)cc4OC)n3)CC2=O)cc1. The molecule has 1 aliphatic rings. The highest BCUT2D eigenvalue weighted by molar-refractivity contribution is 5.96. The highest BCUT2D eigenvalue weighted by Crippen LogP contribution is 2.35. The summed E-state index contributed by atoms with van der Waals surface area (Å²) in [4.78, 5) is 18.8. The van der Waals surface area contributed by atoms with E-state index in [2.05, 4.69) is 10.1 Å². The zero-order chi connectivity index (χ0) is 20.4. The number of anilines is 1. The van der Waals surface area contributed by atoms with E-state index < -0.39 is 0 Å². The van der Waals surface area contributed by atoms with Crippen LogP contribution in [0.25, 0.3) is 11.5 Å². The standard InChI is InChI=1S/C21H21N3O5/c1-26-15-6-4-14(5-7-15)24-12-13(10-19(24)25)20-22-21(29-23-20)17-9-8-16(27-2)11-18(17)28-3/h4-9,11,13H,10,12H2,1-3H3. The van der Waals surface area contributed by atoms with Crippen molar-refractivity contribution in [3.8, 4) is 28.7 Å². The lowest BCUT2D eigenvalue weighted by Gasteiger charge is -2.16. The van der Waals surface area contributed by atoms with Crippen molar-refractivity contribution in [3.05, 3.63) is 48.3 Å². The molecule has 1 aliphatic heterocycles. The van der Waals surface area contributed by atoms with Gasteiger partial charge in [-0.1, -0.05) is 5.16 Å². The maximum Gasteiger partial charge on any atom is 0.261 e. The molecular formula is C21H21N3O5. The zero-order valence-electron chi connectivity index (χ0n) is 16.4. The second-order valence-corrected chi connectivity index (χ2v) is 6.63. The Morgan fingerprint density at radius 1 is 1.00 bits per heavy atom. The first-order valence-corrected chi connectivity index (χ1v) is 9.13. The van der Waals surface area contributed by atoms with Gasteiger partial charge in [0.2, 0.25) is 5.91 Å². The molecule has 2 aromatic carbocycles. The molecule has 0 spiro atoms. The van der Waals surface area contributed by atoms with Crippen molar-refractivity contribution in [2.45, 2.75) is 12.3 Å². The van der Waals surface area contributed by atoms with Crippen molar-refractivity contribution < 1.29 is 23.5 Å². The Balaban J connectivity index is 1.55. The zero-order valence-corrected chi connectivity index (χ0v) is 16.4. The molecule has 0 radical (unpaired) electrons. The minimum Gasteiger partial charge on any atom is -0.497 e. The van der Waals surface area contributed by atoms with Crippen LogP contribution in [-0.4, -0.2) is 43.9 Å². The third-order valence-electron chi connectivity index (χ3n) is 4.96. The number of aromatic nitrogens is 2. The van der Waals surface area contributed by atoms with Crippen LogP contribution >= 0.6 is 0 Å². The van der Waals surface area contributed by atoms with E-state index in [4.69, 9.17) is 18.7 Å². The maximum absolute atomic E-state index is 12.5. The Bertz CT molecular complexity index is 1020. The van der Waals surface area contributed by atoms with Gasteiger partial charge in [0, 0.05) is 30.6 Å². The molecule has 0 saturated carbocycles. The maximum atomic E-state index is 12.5. The van der Waals surface area contributed by atoms with E-state index in [0.717, 1.165) is 11.4 Å². The van der Waals surface area contributed by atoms with Crippen molar-refractivity contribution in [2.24, 2.45) is 0 Å². The molecule has 8 heteroatoms. The fraction of sp³-hybridized carbons (Fsp3) is 0.286. The number of hydrogen-bond acceptors (Lipinski definition) is 7. The molecule has 29 heavy (non-hydrogen) atoms. The molecule has 1 amide bonds. The molecular weight excluding hydrogens is 374 g/mol. The third-order valence-corrected chi connectivity index (χ3v) is 4.96. The molecule has 0 N–H and O–H groups in total. The van der Waals surface area contributed by atoms with Gasteiger partial charge in [0.25, 0.3) is 5.89 Å². The van der Waals surface area contributed by atoms with Gasteiger partial charge in [0.15, 0.2) is 5.82 Å². The van der Waals surface area contributed by atoms with E-state index >= 15 is 0 Å². The van der Waals surface area contributed by atoms with Crippen LogP contribution in [0.1, 0.15) is 18.2 Å². The molecule has 1 fully saturated rings. The lowest BCUT2D eigenvalue weighted by molar-refractivity contribution is -0.117. The Hall–Kier alpha value is -3.55. The highest BCUT2D eigenvalue weighted by Gasteiger charge is 2.34. The van der Waals surface area contributed by atoms with Crippen LogP contribution in [0.4, 0.5) is 5.69 Å². The van der Waals surface area contributed by atoms with Gasteiger partial charge < -0.3 is 23.6 Å². The molecule has 1 saturated heterocycles. The molecule has 4 rings (SSSR count). The third kappa shape index (κ3) is 3.61. The molecule has 1 aromatic heterocycles. The number of carbonyl (C=O) groups excluding carboxylic acids is 1. The van der Waals surface area contributed by atoms with Crippen LogP contribution in [0.3, 0.4) is 0 Å². The van der Waals surface area contributed by atoms with Crippen molar-refractivity contribution >= 4 is 11.6 Å². The number of rotatable bonds is 6. The van der Waals surface area contributed by atoms with Gasteiger partial charge >= 0.3 is 0 Å². The molecule has 150 valence electrons. The van der Waals surface area contributed by atoms with Crippen molar-refractivity contribution in [3.63, 3.8) is 0 Å². The van der Waals surface area contributed by atoms with Crippen LogP contribution in [-0.2, 0) is 4.79 Å². The molecule has 1 unspecified atom stereocenters. The van der Waals surface area contributed by atoms with Gasteiger partial charge in [-0.2, -0.15) is 4.98 Å². The molecule has 8 nitrogen and oxygen atoms in total. The lowest BCUT2D eigenvalue weighted by atomic mass is 10.1. The predicted molar refractivity (Wildman–Crippen MR) is 106 cm³/mol. The molecule has 2 heterocycles. The second kappa shape index (κ2) is 7.83. The van der Waals surface area contributed by atoms with E-state index in [9.17, 15) is 4.79 Å². The van der Waals surface area contributed by atoms with E-state index in [1.54, 1.807) is 44.4 Å². The lowest BCUT2D eigenvalue weighted by Crippen LogP contribution is -2.24. The van der Waals surface area contributed by atoms with Gasteiger partial charge in [-0.15, -0.1) is 0 Å². The normalized spacial score (nSPS) is 16.2. The van der Waals surface area contributed by atoms with Crippen molar-refractivity contribution in [1.82, 2.24) is 10.1 Å². The van der Waals surface area contributed by atoms with Crippen molar-refractivity contribution in [1.29, 1.82) is 0 Å². The fourth-order valence-electron chi connectivity index (χ4n) is 3.38. The monoisotopic (exact) mass is 395 g/mol. The fourth-order valence-corrected chi connectivity index (χ4v) is 3.38. The minimum absolute atomic E-state index is 0.0218. The number of ether oxygens (including phenoxy) is 3. The van der Waals surface area contributed by atoms with Crippen LogP contribution in [0.15, 0.2) is 47.0 Å². The molecule has 3 aromatic rings. The first-order valence-electron chi connectivity index (χ1n) is 9.13. The predicted octanol–water partition coefficient (Wildman–Crippen LogP) is 3.28.